The van der Waals surface area contributed by atoms with Gasteiger partial charge in [0.05, 0.1) is 19.2 Å². The number of rotatable bonds is 4. The number of nitrogens with zero attached hydrogens (tertiary/aromatic N) is 5. The SMILES string of the molecule is COc1cc(OC)c(Cl)c(-c2cc3cnc(S(C)(=O)=O)nc3n3cnnc23)c1. The minimum Gasteiger partial charge on any atom is -0.497 e. The first kappa shape index (κ1) is 18.4. The molecule has 0 amide bonds. The number of methoxy groups -OCH3 is 2. The number of hydrogen-bond acceptors (Lipinski definition) is 8. The van der Waals surface area contributed by atoms with Crippen LogP contribution in [-0.2, 0) is 9.84 Å². The van der Waals surface area contributed by atoms with Crippen molar-refractivity contribution in [1.82, 2.24) is 24.6 Å². The Morgan fingerprint density at radius 3 is 2.54 bits per heavy atom. The van der Waals surface area contributed by atoms with Crippen molar-refractivity contribution in [2.45, 2.75) is 5.16 Å². The van der Waals surface area contributed by atoms with Crippen LogP contribution in [0.5, 0.6) is 11.5 Å². The average molecular weight is 420 g/mol. The van der Waals surface area contributed by atoms with Crippen molar-refractivity contribution in [3.8, 4) is 22.6 Å². The number of ether oxygens (including phenoxy) is 2. The van der Waals surface area contributed by atoms with E-state index in [4.69, 9.17) is 21.1 Å². The van der Waals surface area contributed by atoms with E-state index >= 15 is 0 Å². The zero-order valence-electron chi connectivity index (χ0n) is 15.0. The molecule has 1 aromatic carbocycles. The Labute approximate surface area is 164 Å². The zero-order valence-corrected chi connectivity index (χ0v) is 16.6. The largest absolute Gasteiger partial charge is 0.497 e. The van der Waals surface area contributed by atoms with Crippen LogP contribution < -0.4 is 9.47 Å². The van der Waals surface area contributed by atoms with Gasteiger partial charge in [0.15, 0.2) is 11.3 Å². The van der Waals surface area contributed by atoms with E-state index in [2.05, 4.69) is 20.2 Å². The summed E-state index contributed by atoms with van der Waals surface area (Å²) in [6.07, 6.45) is 3.94. The first-order valence-corrected chi connectivity index (χ1v) is 10.2. The van der Waals surface area contributed by atoms with Crippen LogP contribution in [0.1, 0.15) is 0 Å². The van der Waals surface area contributed by atoms with Crippen molar-refractivity contribution in [3.05, 3.63) is 35.7 Å². The fraction of sp³-hybridized carbons (Fsp3) is 0.176. The number of hydrogen-bond donors (Lipinski definition) is 0. The van der Waals surface area contributed by atoms with E-state index in [-0.39, 0.29) is 5.16 Å². The number of fused-ring (bicyclic) bond motifs is 3. The molecule has 0 radical (unpaired) electrons. The number of aromatic nitrogens is 5. The topological polar surface area (TPSA) is 109 Å². The molecule has 4 rings (SSSR count). The molecule has 0 aliphatic rings. The molecular formula is C17H14ClN5O4S. The van der Waals surface area contributed by atoms with Gasteiger partial charge in [0.2, 0.25) is 15.0 Å². The lowest BCUT2D eigenvalue weighted by Crippen LogP contribution is -2.05. The van der Waals surface area contributed by atoms with Gasteiger partial charge in [-0.1, -0.05) is 11.6 Å². The summed E-state index contributed by atoms with van der Waals surface area (Å²) in [6.45, 7) is 0. The van der Waals surface area contributed by atoms with Crippen LogP contribution in [0.3, 0.4) is 0 Å². The smallest absolute Gasteiger partial charge is 0.248 e. The lowest BCUT2D eigenvalue weighted by Gasteiger charge is -2.13. The molecule has 11 heteroatoms. The molecule has 0 aliphatic heterocycles. The van der Waals surface area contributed by atoms with Gasteiger partial charge in [-0.25, -0.2) is 13.4 Å². The Kier molecular flexibility index (Phi) is 4.31. The van der Waals surface area contributed by atoms with E-state index in [9.17, 15) is 8.42 Å². The van der Waals surface area contributed by atoms with Gasteiger partial charge >= 0.3 is 0 Å². The summed E-state index contributed by atoms with van der Waals surface area (Å²) < 4.78 is 35.9. The average Bonchev–Trinajstić information content (AvgIpc) is 3.16. The van der Waals surface area contributed by atoms with Gasteiger partial charge in [-0.15, -0.1) is 10.2 Å². The van der Waals surface area contributed by atoms with Gasteiger partial charge in [0.1, 0.15) is 17.8 Å². The second-order valence-corrected chi connectivity index (χ2v) is 8.26. The molecule has 0 fully saturated rings. The van der Waals surface area contributed by atoms with Gasteiger partial charge in [-0.05, 0) is 12.1 Å². The van der Waals surface area contributed by atoms with Gasteiger partial charge in [-0.2, -0.15) is 4.98 Å². The number of benzene rings is 1. The molecule has 28 heavy (non-hydrogen) atoms. The normalized spacial score (nSPS) is 11.9. The lowest BCUT2D eigenvalue weighted by molar-refractivity contribution is 0.395. The maximum Gasteiger partial charge on any atom is 0.248 e. The summed E-state index contributed by atoms with van der Waals surface area (Å²) in [5.74, 6) is 0.995. The van der Waals surface area contributed by atoms with E-state index in [1.54, 1.807) is 29.7 Å². The number of halogens is 1. The molecule has 0 saturated carbocycles. The quantitative estimate of drug-likeness (QED) is 0.464. The molecule has 0 bridgehead atoms. The van der Waals surface area contributed by atoms with Crippen molar-refractivity contribution in [1.29, 1.82) is 0 Å². The highest BCUT2D eigenvalue weighted by atomic mass is 35.5. The second kappa shape index (κ2) is 6.57. The summed E-state index contributed by atoms with van der Waals surface area (Å²) in [7, 11) is -0.510. The standard InChI is InChI=1S/C17H14ClN5O4S/c1-26-10-5-11(14(18)13(6-10)27-2)12-4-9-7-19-17(28(3,24)25)21-15(9)23-8-20-22-16(12)23/h4-8H,1-3H3. The molecule has 0 atom stereocenters. The monoisotopic (exact) mass is 419 g/mol. The predicted octanol–water partition coefficient (Wildman–Crippen LogP) is 2.41. The van der Waals surface area contributed by atoms with Crippen LogP contribution in [0.25, 0.3) is 27.8 Å². The molecule has 0 saturated heterocycles. The van der Waals surface area contributed by atoms with Crippen LogP contribution >= 0.6 is 11.6 Å². The molecule has 9 nitrogen and oxygen atoms in total. The Bertz CT molecular complexity index is 1340. The van der Waals surface area contributed by atoms with E-state index < -0.39 is 9.84 Å². The number of sulfone groups is 1. The maximum absolute atomic E-state index is 11.8. The van der Waals surface area contributed by atoms with Gasteiger partial charge < -0.3 is 9.47 Å². The Morgan fingerprint density at radius 2 is 1.86 bits per heavy atom. The maximum atomic E-state index is 11.8. The molecule has 4 aromatic rings. The molecule has 3 heterocycles. The van der Waals surface area contributed by atoms with Crippen LogP contribution in [0.2, 0.25) is 5.02 Å². The first-order valence-electron chi connectivity index (χ1n) is 7.95. The first-order chi connectivity index (χ1) is 13.3. The summed E-state index contributed by atoms with van der Waals surface area (Å²) in [5, 5.41) is 8.79. The fourth-order valence-corrected chi connectivity index (χ4v) is 3.65. The third-order valence-electron chi connectivity index (χ3n) is 4.18. The third kappa shape index (κ3) is 2.90. The molecule has 0 aliphatic carbocycles. The van der Waals surface area contributed by atoms with Crippen molar-refractivity contribution in [2.24, 2.45) is 0 Å². The van der Waals surface area contributed by atoms with Crippen LogP contribution in [0.15, 0.2) is 35.9 Å². The Balaban J connectivity index is 2.08. The van der Waals surface area contributed by atoms with Crippen molar-refractivity contribution in [2.75, 3.05) is 20.5 Å². The minimum absolute atomic E-state index is 0.274. The zero-order chi connectivity index (χ0) is 20.1. The third-order valence-corrected chi connectivity index (χ3v) is 5.43. The van der Waals surface area contributed by atoms with E-state index in [1.165, 1.54) is 19.6 Å². The van der Waals surface area contributed by atoms with E-state index in [1.807, 2.05) is 0 Å². The Morgan fingerprint density at radius 1 is 1.07 bits per heavy atom. The summed E-state index contributed by atoms with van der Waals surface area (Å²) >= 11 is 6.53. The number of pyridine rings is 1. The highest BCUT2D eigenvalue weighted by Crippen LogP contribution is 2.41. The van der Waals surface area contributed by atoms with Crippen molar-refractivity contribution in [3.63, 3.8) is 0 Å². The molecule has 0 unspecified atom stereocenters. The van der Waals surface area contributed by atoms with Crippen molar-refractivity contribution < 1.29 is 17.9 Å². The minimum atomic E-state index is -3.56. The van der Waals surface area contributed by atoms with Crippen LogP contribution in [0.4, 0.5) is 0 Å². The predicted molar refractivity (Wildman–Crippen MR) is 103 cm³/mol. The van der Waals surface area contributed by atoms with Crippen LogP contribution in [-0.4, -0.2) is 53.5 Å². The fourth-order valence-electron chi connectivity index (χ4n) is 2.87. The van der Waals surface area contributed by atoms with Crippen molar-refractivity contribution >= 4 is 38.1 Å². The second-order valence-electron chi connectivity index (χ2n) is 5.98. The van der Waals surface area contributed by atoms with Gasteiger partial charge in [-0.3, -0.25) is 4.40 Å². The summed E-state index contributed by atoms with van der Waals surface area (Å²) in [4.78, 5) is 8.13. The molecule has 0 N–H and O–H groups in total. The van der Waals surface area contributed by atoms with Crippen LogP contribution in [0, 0.1) is 0 Å². The Hall–Kier alpha value is -2.98. The highest BCUT2D eigenvalue weighted by Gasteiger charge is 2.19. The highest BCUT2D eigenvalue weighted by molar-refractivity contribution is 7.90. The summed E-state index contributed by atoms with van der Waals surface area (Å²) in [6, 6.07) is 5.20. The van der Waals surface area contributed by atoms with Gasteiger partial charge in [0, 0.05) is 35.0 Å². The molecule has 144 valence electrons. The summed E-state index contributed by atoms with van der Waals surface area (Å²) in [5.41, 5.74) is 2.07. The van der Waals surface area contributed by atoms with E-state index in [0.29, 0.717) is 44.3 Å². The lowest BCUT2D eigenvalue weighted by atomic mass is 10.0. The van der Waals surface area contributed by atoms with E-state index in [0.717, 1.165) is 6.26 Å². The van der Waals surface area contributed by atoms with Gasteiger partial charge in [0.25, 0.3) is 0 Å². The molecule has 0 spiro atoms. The molecular weight excluding hydrogens is 406 g/mol. The molecule has 3 aromatic heterocycles.